The van der Waals surface area contributed by atoms with Crippen LogP contribution in [0.1, 0.15) is 37.0 Å². The van der Waals surface area contributed by atoms with Gasteiger partial charge in [-0.25, -0.2) is 9.18 Å². The van der Waals surface area contributed by atoms with Crippen molar-refractivity contribution < 1.29 is 9.13 Å². The van der Waals surface area contributed by atoms with Crippen LogP contribution in [0, 0.1) is 11.7 Å². The van der Waals surface area contributed by atoms with Gasteiger partial charge in [0.1, 0.15) is 5.82 Å². The third kappa shape index (κ3) is 3.74. The van der Waals surface area contributed by atoms with Gasteiger partial charge in [0.25, 0.3) is 0 Å². The number of piperidine rings is 1. The second kappa shape index (κ2) is 7.76. The number of likely N-dealkylation sites (tertiary alicyclic amines) is 1. The number of H-pyrrole nitrogens is 1. The molecule has 0 spiro atoms. The number of aromatic nitrogens is 2. The minimum atomic E-state index is -0.208. The highest BCUT2D eigenvalue weighted by Crippen LogP contribution is 2.34. The lowest BCUT2D eigenvalue weighted by Crippen LogP contribution is -2.39. The first kappa shape index (κ1) is 18.6. The zero-order valence-electron chi connectivity index (χ0n) is 16.4. The van der Waals surface area contributed by atoms with E-state index in [-0.39, 0.29) is 23.7 Å². The summed E-state index contributed by atoms with van der Waals surface area (Å²) in [5.74, 6) is 0.290. The van der Waals surface area contributed by atoms with Crippen LogP contribution in [-0.4, -0.2) is 40.7 Å². The number of aromatic amines is 1. The second-order valence-corrected chi connectivity index (χ2v) is 8.32. The summed E-state index contributed by atoms with van der Waals surface area (Å²) < 4.78 is 21.1. The van der Waals surface area contributed by atoms with Gasteiger partial charge in [-0.05, 0) is 55.0 Å². The summed E-state index contributed by atoms with van der Waals surface area (Å²) in [5, 5.41) is 0. The molecule has 0 amide bonds. The Kier molecular flexibility index (Phi) is 4.97. The number of hydrogen-bond acceptors (Lipinski definition) is 3. The van der Waals surface area contributed by atoms with Crippen molar-refractivity contribution in [3.05, 3.63) is 70.4 Å². The van der Waals surface area contributed by atoms with Crippen molar-refractivity contribution in [2.45, 2.75) is 31.4 Å². The van der Waals surface area contributed by atoms with Gasteiger partial charge >= 0.3 is 5.69 Å². The van der Waals surface area contributed by atoms with Gasteiger partial charge in [-0.2, -0.15) is 0 Å². The Morgan fingerprint density at radius 3 is 2.62 bits per heavy atom. The van der Waals surface area contributed by atoms with E-state index in [0.717, 1.165) is 62.1 Å². The number of nitrogens with zero attached hydrogens (tertiary/aromatic N) is 2. The number of imidazole rings is 1. The predicted molar refractivity (Wildman–Crippen MR) is 110 cm³/mol. The van der Waals surface area contributed by atoms with Gasteiger partial charge in [-0.3, -0.25) is 4.57 Å². The smallest absolute Gasteiger partial charge is 0.326 e. The summed E-state index contributed by atoms with van der Waals surface area (Å²) in [4.78, 5) is 17.9. The third-order valence-corrected chi connectivity index (χ3v) is 6.38. The number of benzene rings is 2. The molecular weight excluding hydrogens is 369 g/mol. The molecule has 0 aliphatic carbocycles. The van der Waals surface area contributed by atoms with Crippen molar-refractivity contribution >= 4 is 11.0 Å². The maximum absolute atomic E-state index is 13.1. The summed E-state index contributed by atoms with van der Waals surface area (Å²) in [6.07, 6.45) is 3.02. The van der Waals surface area contributed by atoms with Gasteiger partial charge < -0.3 is 14.6 Å². The predicted octanol–water partition coefficient (Wildman–Crippen LogP) is 3.88. The Labute approximate surface area is 169 Å². The first-order chi connectivity index (χ1) is 14.2. The van der Waals surface area contributed by atoms with Crippen LogP contribution in [0.5, 0.6) is 0 Å². The number of ether oxygens (including phenoxy) is 1. The maximum atomic E-state index is 13.1. The summed E-state index contributed by atoms with van der Waals surface area (Å²) in [7, 11) is 0. The minimum absolute atomic E-state index is 0.00372. The van der Waals surface area contributed by atoms with Crippen molar-refractivity contribution in [2.75, 3.05) is 26.2 Å². The van der Waals surface area contributed by atoms with Gasteiger partial charge in [0.05, 0.1) is 23.7 Å². The lowest BCUT2D eigenvalue weighted by Gasteiger charge is -2.33. The van der Waals surface area contributed by atoms with Crippen LogP contribution in [0.2, 0.25) is 0 Å². The van der Waals surface area contributed by atoms with E-state index in [1.807, 2.05) is 41.0 Å². The van der Waals surface area contributed by atoms with Gasteiger partial charge in [0.15, 0.2) is 0 Å². The van der Waals surface area contributed by atoms with Crippen molar-refractivity contribution in [3.8, 4) is 0 Å². The van der Waals surface area contributed by atoms with Crippen LogP contribution >= 0.6 is 0 Å². The number of nitrogens with one attached hydrogen (secondary N) is 1. The topological polar surface area (TPSA) is 50.3 Å². The number of rotatable bonds is 4. The molecule has 3 aromatic rings. The van der Waals surface area contributed by atoms with Crippen molar-refractivity contribution in [2.24, 2.45) is 5.92 Å². The molecule has 2 aromatic carbocycles. The molecule has 1 aromatic heterocycles. The van der Waals surface area contributed by atoms with E-state index in [1.165, 1.54) is 12.1 Å². The van der Waals surface area contributed by atoms with Gasteiger partial charge in [-0.15, -0.1) is 0 Å². The molecule has 0 saturated carbocycles. The molecule has 152 valence electrons. The van der Waals surface area contributed by atoms with Gasteiger partial charge in [0.2, 0.25) is 0 Å². The molecule has 2 aliphatic rings. The molecule has 0 radical (unpaired) electrons. The molecule has 1 N–H and O–H groups in total. The Balaban J connectivity index is 1.18. The second-order valence-electron chi connectivity index (χ2n) is 8.32. The van der Waals surface area contributed by atoms with E-state index < -0.39 is 0 Å². The van der Waals surface area contributed by atoms with E-state index in [0.29, 0.717) is 5.92 Å². The molecule has 2 aliphatic heterocycles. The van der Waals surface area contributed by atoms with Crippen molar-refractivity contribution in [1.82, 2.24) is 14.5 Å². The minimum Gasteiger partial charge on any atom is -0.373 e. The zero-order chi connectivity index (χ0) is 19.8. The fourth-order valence-electron chi connectivity index (χ4n) is 4.89. The van der Waals surface area contributed by atoms with Crippen molar-refractivity contribution in [3.63, 3.8) is 0 Å². The van der Waals surface area contributed by atoms with E-state index in [4.69, 9.17) is 4.74 Å². The first-order valence-electron chi connectivity index (χ1n) is 10.5. The van der Waals surface area contributed by atoms with Crippen molar-refractivity contribution in [1.29, 1.82) is 0 Å². The van der Waals surface area contributed by atoms with E-state index in [1.54, 1.807) is 0 Å². The van der Waals surface area contributed by atoms with E-state index in [9.17, 15) is 9.18 Å². The SMILES string of the molecule is O=c1[nH]c2ccccc2n1C1CCN(C[C@@H]2CO[C@@H](c3ccc(F)cc3)C2)CC1. The molecule has 3 heterocycles. The van der Waals surface area contributed by atoms with Crippen LogP contribution < -0.4 is 5.69 Å². The molecule has 5 nitrogen and oxygen atoms in total. The molecule has 2 fully saturated rings. The van der Waals surface area contributed by atoms with Crippen LogP contribution in [0.4, 0.5) is 4.39 Å². The monoisotopic (exact) mass is 395 g/mol. The molecule has 29 heavy (non-hydrogen) atoms. The standard InChI is InChI=1S/C23H26FN3O2/c24-18-7-5-17(6-8-18)22-13-16(15-29-22)14-26-11-9-19(10-12-26)27-21-4-2-1-3-20(21)25-23(27)28/h1-8,16,19,22H,9-15H2,(H,25,28)/t16-,22-/m1/s1. The summed E-state index contributed by atoms with van der Waals surface area (Å²) in [6, 6.07) is 14.8. The largest absolute Gasteiger partial charge is 0.373 e. The number of fused-ring (bicyclic) bond motifs is 1. The van der Waals surface area contributed by atoms with Crippen LogP contribution in [-0.2, 0) is 4.74 Å². The van der Waals surface area contributed by atoms with E-state index in [2.05, 4.69) is 9.88 Å². The average Bonchev–Trinajstić information content (AvgIpc) is 3.33. The maximum Gasteiger partial charge on any atom is 0.326 e. The quantitative estimate of drug-likeness (QED) is 0.729. The Morgan fingerprint density at radius 2 is 1.83 bits per heavy atom. The molecule has 6 heteroatoms. The molecule has 2 saturated heterocycles. The highest BCUT2D eigenvalue weighted by Gasteiger charge is 2.30. The van der Waals surface area contributed by atoms with Crippen LogP contribution in [0.25, 0.3) is 11.0 Å². The van der Waals surface area contributed by atoms with Crippen LogP contribution in [0.15, 0.2) is 53.3 Å². The Hall–Kier alpha value is -2.44. The highest BCUT2D eigenvalue weighted by atomic mass is 19.1. The normalized spacial score (nSPS) is 23.8. The number of hydrogen-bond donors (Lipinski definition) is 1. The summed E-state index contributed by atoms with van der Waals surface area (Å²) in [6.45, 7) is 3.76. The fraction of sp³-hybridized carbons (Fsp3) is 0.435. The van der Waals surface area contributed by atoms with Crippen LogP contribution in [0.3, 0.4) is 0 Å². The average molecular weight is 395 g/mol. The molecule has 0 unspecified atom stereocenters. The Morgan fingerprint density at radius 1 is 1.07 bits per heavy atom. The molecular formula is C23H26FN3O2. The molecule has 2 atom stereocenters. The number of para-hydroxylation sites is 2. The van der Waals surface area contributed by atoms with Gasteiger partial charge in [0, 0.05) is 25.7 Å². The fourth-order valence-corrected chi connectivity index (χ4v) is 4.89. The summed E-state index contributed by atoms with van der Waals surface area (Å²) >= 11 is 0. The highest BCUT2D eigenvalue weighted by molar-refractivity contribution is 5.75. The first-order valence-corrected chi connectivity index (χ1v) is 10.5. The molecule has 0 bridgehead atoms. The lowest BCUT2D eigenvalue weighted by atomic mass is 9.98. The zero-order valence-corrected chi connectivity index (χ0v) is 16.4. The number of halogens is 1. The Bertz CT molecular complexity index is 1030. The summed E-state index contributed by atoms with van der Waals surface area (Å²) in [5.41, 5.74) is 2.97. The molecule has 5 rings (SSSR count). The van der Waals surface area contributed by atoms with E-state index >= 15 is 0 Å². The third-order valence-electron chi connectivity index (χ3n) is 6.38. The van der Waals surface area contributed by atoms with Gasteiger partial charge in [-0.1, -0.05) is 24.3 Å². The lowest BCUT2D eigenvalue weighted by molar-refractivity contribution is 0.100.